The minimum atomic E-state index is -2.81. The third kappa shape index (κ3) is 4.26. The molecule has 0 saturated carbocycles. The van der Waals surface area contributed by atoms with Crippen LogP contribution in [0.3, 0.4) is 0 Å². The van der Waals surface area contributed by atoms with Gasteiger partial charge in [0.15, 0.2) is 0 Å². The highest BCUT2D eigenvalue weighted by Crippen LogP contribution is 2.28. The lowest BCUT2D eigenvalue weighted by Crippen LogP contribution is -2.59. The zero-order chi connectivity index (χ0) is 15.8. The van der Waals surface area contributed by atoms with Crippen LogP contribution in [0.25, 0.3) is 0 Å². The molecule has 2 aliphatic heterocycles. The highest BCUT2D eigenvalue weighted by molar-refractivity contribution is 5.69. The van der Waals surface area contributed by atoms with Gasteiger partial charge in [-0.05, 0) is 27.2 Å². The normalized spacial score (nSPS) is 27.3. The Morgan fingerprint density at radius 3 is 2.52 bits per heavy atom. The molecule has 2 fully saturated rings. The Bertz CT molecular complexity index is 392. The van der Waals surface area contributed by atoms with E-state index in [9.17, 15) is 13.6 Å². The number of hydrogen-bond donors (Lipinski definition) is 1. The van der Waals surface area contributed by atoms with Gasteiger partial charge in [0.25, 0.3) is 5.92 Å². The summed E-state index contributed by atoms with van der Waals surface area (Å²) in [4.78, 5) is 15.1. The summed E-state index contributed by atoms with van der Waals surface area (Å²) in [5.74, 6) is -2.57. The fraction of sp³-hybridized carbons (Fsp3) is 0.929. The molecule has 2 aliphatic rings. The van der Waals surface area contributed by atoms with E-state index < -0.39 is 17.6 Å². The summed E-state index contributed by atoms with van der Waals surface area (Å²) < 4.78 is 32.4. The van der Waals surface area contributed by atoms with E-state index in [-0.39, 0.29) is 18.6 Å². The molecule has 2 heterocycles. The van der Waals surface area contributed by atoms with Crippen molar-refractivity contribution >= 4 is 6.09 Å². The van der Waals surface area contributed by atoms with Crippen molar-refractivity contribution in [3.05, 3.63) is 0 Å². The third-order valence-electron chi connectivity index (χ3n) is 3.86. The monoisotopic (exact) mass is 305 g/mol. The number of likely N-dealkylation sites (tertiary alicyclic amines) is 2. The largest absolute Gasteiger partial charge is 0.444 e. The molecule has 122 valence electrons. The van der Waals surface area contributed by atoms with Crippen LogP contribution in [-0.4, -0.2) is 66.2 Å². The average Bonchev–Trinajstić information content (AvgIpc) is 2.24. The fourth-order valence-electron chi connectivity index (χ4n) is 2.71. The fourth-order valence-corrected chi connectivity index (χ4v) is 2.71. The molecular weight excluding hydrogens is 280 g/mol. The summed E-state index contributed by atoms with van der Waals surface area (Å²) in [6.07, 6.45) is -0.0140. The molecule has 0 radical (unpaired) electrons. The average molecular weight is 305 g/mol. The van der Waals surface area contributed by atoms with Crippen LogP contribution in [0.1, 0.15) is 27.2 Å². The Morgan fingerprint density at radius 2 is 2.00 bits per heavy atom. The molecule has 21 heavy (non-hydrogen) atoms. The van der Waals surface area contributed by atoms with E-state index in [0.717, 1.165) is 0 Å². The third-order valence-corrected chi connectivity index (χ3v) is 3.86. The van der Waals surface area contributed by atoms with E-state index in [1.165, 1.54) is 0 Å². The number of hydrogen-bond acceptors (Lipinski definition) is 4. The van der Waals surface area contributed by atoms with Crippen molar-refractivity contribution in [2.24, 2.45) is 11.7 Å². The number of piperidine rings is 1. The first-order chi connectivity index (χ1) is 9.57. The minimum Gasteiger partial charge on any atom is -0.444 e. The molecule has 2 N–H and O–H groups in total. The Kier molecular flexibility index (Phi) is 4.44. The van der Waals surface area contributed by atoms with Crippen molar-refractivity contribution in [2.75, 3.05) is 32.7 Å². The van der Waals surface area contributed by atoms with Crippen LogP contribution in [0.4, 0.5) is 13.6 Å². The van der Waals surface area contributed by atoms with E-state index >= 15 is 0 Å². The van der Waals surface area contributed by atoms with Gasteiger partial charge in [0, 0.05) is 32.1 Å². The van der Waals surface area contributed by atoms with Gasteiger partial charge in [0.2, 0.25) is 0 Å². The number of carbonyl (C=O) groups excluding carboxylic acids is 1. The molecule has 1 atom stereocenters. The Balaban J connectivity index is 1.72. The Labute approximate surface area is 124 Å². The molecule has 5 nitrogen and oxygen atoms in total. The standard InChI is InChI=1S/C14H25F2N3O2/c1-13(2,3)21-12(20)19-7-10(8-19)6-18-5-4-11(17)14(15,16)9-18/h10-11H,4-9,17H2,1-3H3. The van der Waals surface area contributed by atoms with Crippen LogP contribution in [0.2, 0.25) is 0 Å². The van der Waals surface area contributed by atoms with Gasteiger partial charge in [-0.2, -0.15) is 0 Å². The molecule has 7 heteroatoms. The minimum absolute atomic E-state index is 0.239. The zero-order valence-corrected chi connectivity index (χ0v) is 12.9. The second kappa shape index (κ2) is 5.68. The Morgan fingerprint density at radius 1 is 1.38 bits per heavy atom. The SMILES string of the molecule is CC(C)(C)OC(=O)N1CC(CN2CCC(N)C(F)(F)C2)C1. The van der Waals surface area contributed by atoms with Gasteiger partial charge in [-0.25, -0.2) is 13.6 Å². The van der Waals surface area contributed by atoms with Gasteiger partial charge in [-0.3, -0.25) is 4.90 Å². The predicted molar refractivity (Wildman–Crippen MR) is 75.3 cm³/mol. The quantitative estimate of drug-likeness (QED) is 0.840. The molecule has 1 unspecified atom stereocenters. The zero-order valence-electron chi connectivity index (χ0n) is 12.9. The van der Waals surface area contributed by atoms with Crippen molar-refractivity contribution in [1.82, 2.24) is 9.80 Å². The first-order valence-corrected chi connectivity index (χ1v) is 7.40. The number of alkyl halides is 2. The van der Waals surface area contributed by atoms with E-state index in [1.54, 1.807) is 9.80 Å². The topological polar surface area (TPSA) is 58.8 Å². The molecule has 1 amide bonds. The first kappa shape index (κ1) is 16.4. The summed E-state index contributed by atoms with van der Waals surface area (Å²) in [5, 5.41) is 0. The van der Waals surface area contributed by atoms with Crippen molar-refractivity contribution in [1.29, 1.82) is 0 Å². The van der Waals surface area contributed by atoms with Crippen LogP contribution in [0.5, 0.6) is 0 Å². The highest BCUT2D eigenvalue weighted by Gasteiger charge is 2.44. The van der Waals surface area contributed by atoms with E-state index in [0.29, 0.717) is 32.6 Å². The summed E-state index contributed by atoms with van der Waals surface area (Å²) >= 11 is 0. The molecule has 0 aromatic rings. The van der Waals surface area contributed by atoms with E-state index in [4.69, 9.17) is 10.5 Å². The molecule has 0 spiro atoms. The second-order valence-corrected chi connectivity index (χ2v) is 7.14. The van der Waals surface area contributed by atoms with Crippen LogP contribution in [0.15, 0.2) is 0 Å². The number of amides is 1. The Hall–Kier alpha value is -0.950. The summed E-state index contributed by atoms with van der Waals surface area (Å²) in [6.45, 7) is 7.51. The number of nitrogens with zero attached hydrogens (tertiary/aromatic N) is 2. The maximum atomic E-state index is 13.6. The molecule has 0 aliphatic carbocycles. The van der Waals surface area contributed by atoms with Crippen molar-refractivity contribution in [2.45, 2.75) is 44.8 Å². The lowest BCUT2D eigenvalue weighted by atomic mass is 9.96. The number of rotatable bonds is 2. The van der Waals surface area contributed by atoms with Crippen LogP contribution < -0.4 is 5.73 Å². The molecule has 2 rings (SSSR count). The number of carbonyl (C=O) groups is 1. The van der Waals surface area contributed by atoms with Gasteiger partial charge in [0.1, 0.15) is 5.60 Å². The van der Waals surface area contributed by atoms with Crippen molar-refractivity contribution < 1.29 is 18.3 Å². The van der Waals surface area contributed by atoms with Crippen LogP contribution in [0, 0.1) is 5.92 Å². The van der Waals surface area contributed by atoms with E-state index in [1.807, 2.05) is 20.8 Å². The van der Waals surface area contributed by atoms with Gasteiger partial charge in [-0.15, -0.1) is 0 Å². The van der Waals surface area contributed by atoms with E-state index in [2.05, 4.69) is 0 Å². The summed E-state index contributed by atoms with van der Waals surface area (Å²) in [7, 11) is 0. The summed E-state index contributed by atoms with van der Waals surface area (Å²) in [6, 6.07) is -1.03. The summed E-state index contributed by atoms with van der Waals surface area (Å²) in [5.41, 5.74) is 4.92. The lowest BCUT2D eigenvalue weighted by Gasteiger charge is -2.44. The predicted octanol–water partition coefficient (Wildman–Crippen LogP) is 1.52. The van der Waals surface area contributed by atoms with Gasteiger partial charge >= 0.3 is 6.09 Å². The van der Waals surface area contributed by atoms with Gasteiger partial charge in [0.05, 0.1) is 12.6 Å². The molecule has 0 aromatic carbocycles. The maximum absolute atomic E-state index is 13.6. The highest BCUT2D eigenvalue weighted by atomic mass is 19.3. The lowest BCUT2D eigenvalue weighted by molar-refractivity contribution is -0.0879. The molecule has 2 saturated heterocycles. The van der Waals surface area contributed by atoms with Crippen LogP contribution >= 0.6 is 0 Å². The van der Waals surface area contributed by atoms with Crippen molar-refractivity contribution in [3.63, 3.8) is 0 Å². The van der Waals surface area contributed by atoms with Crippen LogP contribution in [-0.2, 0) is 4.74 Å². The molecule has 0 aromatic heterocycles. The first-order valence-electron chi connectivity index (χ1n) is 7.40. The van der Waals surface area contributed by atoms with Crippen molar-refractivity contribution in [3.8, 4) is 0 Å². The van der Waals surface area contributed by atoms with Gasteiger partial charge < -0.3 is 15.4 Å². The van der Waals surface area contributed by atoms with Gasteiger partial charge in [-0.1, -0.05) is 0 Å². The molecular formula is C14H25F2N3O2. The number of nitrogens with two attached hydrogens (primary N) is 1. The second-order valence-electron chi connectivity index (χ2n) is 7.14. The smallest absolute Gasteiger partial charge is 0.410 e. The number of ether oxygens (including phenoxy) is 1. The molecule has 0 bridgehead atoms. The maximum Gasteiger partial charge on any atom is 0.410 e. The number of halogens is 2.